The van der Waals surface area contributed by atoms with Gasteiger partial charge in [-0.3, -0.25) is 20.5 Å². The van der Waals surface area contributed by atoms with Gasteiger partial charge in [0.05, 0.1) is 16.3 Å². The van der Waals surface area contributed by atoms with Crippen molar-refractivity contribution in [2.45, 2.75) is 6.42 Å². The number of benzene rings is 2. The number of hydrogen-bond acceptors (Lipinski definition) is 4. The van der Waals surface area contributed by atoms with Crippen LogP contribution in [0.5, 0.6) is 0 Å². The van der Waals surface area contributed by atoms with Crippen molar-refractivity contribution in [1.29, 1.82) is 0 Å². The number of nitrogens with zero attached hydrogens (tertiary/aromatic N) is 2. The van der Waals surface area contributed by atoms with Crippen LogP contribution in [0.4, 0.5) is 17.1 Å². The maximum Gasteiger partial charge on any atom is 0.269 e. The first-order chi connectivity index (χ1) is 9.24. The van der Waals surface area contributed by atoms with E-state index in [4.69, 9.17) is 0 Å². The lowest BCUT2D eigenvalue weighted by molar-refractivity contribution is -0.384. The van der Waals surface area contributed by atoms with E-state index in [2.05, 4.69) is 22.6 Å². The summed E-state index contributed by atoms with van der Waals surface area (Å²) in [7, 11) is 0. The van der Waals surface area contributed by atoms with Crippen LogP contribution in [0.15, 0.2) is 48.5 Å². The summed E-state index contributed by atoms with van der Waals surface area (Å²) in [4.78, 5) is 10.2. The molecule has 0 aromatic heterocycles. The predicted octanol–water partition coefficient (Wildman–Crippen LogP) is 2.98. The molecule has 0 fully saturated rings. The first kappa shape index (κ1) is 11.5. The fourth-order valence-corrected chi connectivity index (χ4v) is 2.27. The van der Waals surface area contributed by atoms with Crippen molar-refractivity contribution in [3.05, 3.63) is 64.2 Å². The Labute approximate surface area is 110 Å². The highest BCUT2D eigenvalue weighted by atomic mass is 16.6. The molecule has 19 heavy (non-hydrogen) atoms. The van der Waals surface area contributed by atoms with Crippen molar-refractivity contribution in [3.8, 4) is 0 Å². The Morgan fingerprint density at radius 3 is 2.58 bits per heavy atom. The average molecular weight is 255 g/mol. The third-order valence-corrected chi connectivity index (χ3v) is 3.23. The molecular weight excluding hydrogens is 242 g/mol. The Bertz CT molecular complexity index is 610. The van der Waals surface area contributed by atoms with E-state index < -0.39 is 4.92 Å². The highest BCUT2D eigenvalue weighted by Gasteiger charge is 2.18. The minimum Gasteiger partial charge on any atom is -0.298 e. The van der Waals surface area contributed by atoms with E-state index >= 15 is 0 Å². The molecule has 0 saturated heterocycles. The molecule has 2 aromatic rings. The molecular formula is C14H13N3O2. The van der Waals surface area contributed by atoms with Gasteiger partial charge in [-0.2, -0.15) is 0 Å². The summed E-state index contributed by atoms with van der Waals surface area (Å²) in [5, 5.41) is 12.7. The molecule has 96 valence electrons. The molecule has 3 rings (SSSR count). The van der Waals surface area contributed by atoms with Crippen LogP contribution in [0.25, 0.3) is 0 Å². The van der Waals surface area contributed by atoms with Crippen LogP contribution in [0, 0.1) is 10.1 Å². The summed E-state index contributed by atoms with van der Waals surface area (Å²) >= 11 is 0. The van der Waals surface area contributed by atoms with Gasteiger partial charge in [-0.15, -0.1) is 0 Å². The van der Waals surface area contributed by atoms with E-state index in [1.807, 2.05) is 12.1 Å². The Morgan fingerprint density at radius 2 is 1.84 bits per heavy atom. The zero-order chi connectivity index (χ0) is 13.2. The molecule has 2 aromatic carbocycles. The lowest BCUT2D eigenvalue weighted by Crippen LogP contribution is -2.27. The quantitative estimate of drug-likeness (QED) is 0.676. The summed E-state index contributed by atoms with van der Waals surface area (Å²) in [5.41, 5.74) is 6.71. The number of nitro groups is 1. The van der Waals surface area contributed by atoms with Gasteiger partial charge in [0.15, 0.2) is 0 Å². The van der Waals surface area contributed by atoms with Crippen molar-refractivity contribution in [2.75, 3.05) is 17.0 Å². The van der Waals surface area contributed by atoms with Crippen LogP contribution < -0.4 is 10.4 Å². The summed E-state index contributed by atoms with van der Waals surface area (Å²) in [6.07, 6.45) is 1.01. The second kappa shape index (κ2) is 4.61. The van der Waals surface area contributed by atoms with Crippen LogP contribution >= 0.6 is 0 Å². The molecule has 0 amide bonds. The molecule has 5 nitrogen and oxygen atoms in total. The highest BCUT2D eigenvalue weighted by Crippen LogP contribution is 2.28. The number of nitrogens with one attached hydrogen (secondary N) is 1. The van der Waals surface area contributed by atoms with Gasteiger partial charge in [0.25, 0.3) is 5.69 Å². The van der Waals surface area contributed by atoms with Gasteiger partial charge in [0, 0.05) is 18.7 Å². The van der Waals surface area contributed by atoms with Crippen molar-refractivity contribution in [2.24, 2.45) is 0 Å². The topological polar surface area (TPSA) is 58.4 Å². The summed E-state index contributed by atoms with van der Waals surface area (Å²) in [6, 6.07) is 14.7. The third kappa shape index (κ3) is 2.22. The predicted molar refractivity (Wildman–Crippen MR) is 74.2 cm³/mol. The number of non-ortho nitro benzene ring substituents is 1. The highest BCUT2D eigenvalue weighted by molar-refractivity contribution is 5.63. The van der Waals surface area contributed by atoms with Crippen LogP contribution in [0.3, 0.4) is 0 Å². The number of para-hydroxylation sites is 1. The number of hydrogen-bond donors (Lipinski definition) is 1. The van der Waals surface area contributed by atoms with E-state index in [1.54, 1.807) is 12.1 Å². The van der Waals surface area contributed by atoms with Gasteiger partial charge in [0.1, 0.15) is 0 Å². The van der Waals surface area contributed by atoms with Crippen LogP contribution in [0.2, 0.25) is 0 Å². The van der Waals surface area contributed by atoms with Crippen LogP contribution in [-0.2, 0) is 6.42 Å². The molecule has 0 aliphatic carbocycles. The first-order valence-corrected chi connectivity index (χ1v) is 6.10. The smallest absolute Gasteiger partial charge is 0.269 e. The van der Waals surface area contributed by atoms with E-state index in [0.29, 0.717) is 0 Å². The normalized spacial score (nSPS) is 13.2. The summed E-state index contributed by atoms with van der Waals surface area (Å²) in [5.74, 6) is 0. The zero-order valence-corrected chi connectivity index (χ0v) is 10.2. The van der Waals surface area contributed by atoms with Gasteiger partial charge >= 0.3 is 0 Å². The van der Waals surface area contributed by atoms with Gasteiger partial charge < -0.3 is 0 Å². The maximum absolute atomic E-state index is 10.6. The molecule has 0 unspecified atom stereocenters. The molecule has 1 aliphatic heterocycles. The number of fused-ring (bicyclic) bond motifs is 1. The molecule has 0 bridgehead atoms. The second-order valence-electron chi connectivity index (χ2n) is 4.45. The lowest BCUT2D eigenvalue weighted by Gasteiger charge is -2.21. The number of anilines is 2. The summed E-state index contributed by atoms with van der Waals surface area (Å²) < 4.78 is 0. The molecule has 0 saturated carbocycles. The van der Waals surface area contributed by atoms with Crippen molar-refractivity contribution in [3.63, 3.8) is 0 Å². The minimum atomic E-state index is -0.394. The number of rotatable bonds is 3. The average Bonchev–Trinajstić information content (AvgIpc) is 2.83. The standard InChI is InChI=1S/C14H13N3O2/c18-17(19)13-7-5-12(6-8-13)15-16-10-9-11-3-1-2-4-14(11)16/h1-8,15H,9-10H2. The number of hydrazine groups is 1. The molecule has 1 aliphatic rings. The zero-order valence-electron chi connectivity index (χ0n) is 10.2. The van der Waals surface area contributed by atoms with Gasteiger partial charge in [-0.1, -0.05) is 18.2 Å². The van der Waals surface area contributed by atoms with E-state index in [9.17, 15) is 10.1 Å². The van der Waals surface area contributed by atoms with Crippen molar-refractivity contribution < 1.29 is 4.92 Å². The van der Waals surface area contributed by atoms with E-state index in [-0.39, 0.29) is 5.69 Å². The van der Waals surface area contributed by atoms with Gasteiger partial charge in [-0.25, -0.2) is 0 Å². The van der Waals surface area contributed by atoms with Crippen LogP contribution in [0.1, 0.15) is 5.56 Å². The third-order valence-electron chi connectivity index (χ3n) is 3.23. The lowest BCUT2D eigenvalue weighted by atomic mass is 10.2. The Balaban J connectivity index is 1.78. The number of nitro benzene ring substituents is 1. The maximum atomic E-state index is 10.6. The van der Waals surface area contributed by atoms with E-state index in [0.717, 1.165) is 18.7 Å². The Morgan fingerprint density at radius 1 is 1.11 bits per heavy atom. The van der Waals surface area contributed by atoms with Crippen molar-refractivity contribution in [1.82, 2.24) is 0 Å². The minimum absolute atomic E-state index is 0.104. The second-order valence-corrected chi connectivity index (χ2v) is 4.45. The van der Waals surface area contributed by atoms with Crippen LogP contribution in [-0.4, -0.2) is 11.5 Å². The van der Waals surface area contributed by atoms with Gasteiger partial charge in [0.2, 0.25) is 0 Å². The molecule has 0 radical (unpaired) electrons. The Kier molecular flexibility index (Phi) is 2.79. The molecule has 1 heterocycles. The Hall–Kier alpha value is -2.56. The fraction of sp³-hybridized carbons (Fsp3) is 0.143. The van der Waals surface area contributed by atoms with E-state index in [1.165, 1.54) is 23.4 Å². The summed E-state index contributed by atoms with van der Waals surface area (Å²) in [6.45, 7) is 0.899. The first-order valence-electron chi connectivity index (χ1n) is 6.10. The molecule has 0 spiro atoms. The van der Waals surface area contributed by atoms with Crippen molar-refractivity contribution >= 4 is 17.1 Å². The monoisotopic (exact) mass is 255 g/mol. The molecule has 1 N–H and O–H groups in total. The molecule has 0 atom stereocenters. The van der Waals surface area contributed by atoms with Gasteiger partial charge in [-0.05, 0) is 30.2 Å². The fourth-order valence-electron chi connectivity index (χ4n) is 2.27. The molecule has 5 heteroatoms. The largest absolute Gasteiger partial charge is 0.298 e. The SMILES string of the molecule is O=[N+]([O-])c1ccc(NN2CCc3ccccc32)cc1.